The number of fused-ring (bicyclic) bond motifs is 5. The maximum Gasteiger partial charge on any atom is 0.317 e. The number of aliphatic imine (C=N–C) groups is 1. The molecule has 6 nitrogen and oxygen atoms in total. The van der Waals surface area contributed by atoms with Crippen LogP contribution in [0.25, 0.3) is 0 Å². The lowest BCUT2D eigenvalue weighted by molar-refractivity contribution is -0.170. The molecule has 1 aliphatic heterocycles. The van der Waals surface area contributed by atoms with E-state index in [1.807, 2.05) is 20.8 Å². The van der Waals surface area contributed by atoms with Crippen molar-refractivity contribution >= 4 is 23.4 Å². The molecule has 166 valence electrons. The number of carboxylic acids is 2. The molecule has 0 bridgehead atoms. The van der Waals surface area contributed by atoms with Crippen molar-refractivity contribution in [1.82, 2.24) is 0 Å². The normalized spacial score (nSPS) is 45.8. The molecule has 3 aliphatic carbocycles. The molecule has 0 aromatic carbocycles. The molecule has 1 unspecified atom stereocenters. The maximum atomic E-state index is 13.2. The molecule has 0 aromatic heterocycles. The molecule has 0 amide bonds. The van der Waals surface area contributed by atoms with E-state index in [1.54, 1.807) is 0 Å². The van der Waals surface area contributed by atoms with Crippen molar-refractivity contribution in [2.45, 2.75) is 73.1 Å². The molecule has 3 saturated carbocycles. The quantitative estimate of drug-likeness (QED) is 0.659. The largest absolute Gasteiger partial charge is 0.481 e. The van der Waals surface area contributed by atoms with Gasteiger partial charge in [0.1, 0.15) is 5.41 Å². The smallest absolute Gasteiger partial charge is 0.317 e. The van der Waals surface area contributed by atoms with E-state index in [4.69, 9.17) is 4.99 Å². The second-order valence-electron chi connectivity index (χ2n) is 11.8. The first-order valence-corrected chi connectivity index (χ1v) is 11.3. The maximum absolute atomic E-state index is 13.2. The highest BCUT2D eigenvalue weighted by Crippen LogP contribution is 2.66. The fourth-order valence-corrected chi connectivity index (χ4v) is 7.99. The lowest BCUT2D eigenvalue weighted by atomic mass is 9.44. The van der Waals surface area contributed by atoms with Gasteiger partial charge in [-0.3, -0.25) is 19.4 Å². The summed E-state index contributed by atoms with van der Waals surface area (Å²) in [6.07, 6.45) is 3.77. The van der Waals surface area contributed by atoms with Gasteiger partial charge in [0.15, 0.2) is 5.78 Å². The Labute approximate surface area is 178 Å². The van der Waals surface area contributed by atoms with Gasteiger partial charge in [-0.15, -0.1) is 0 Å². The van der Waals surface area contributed by atoms with Gasteiger partial charge in [0.2, 0.25) is 0 Å². The molecule has 0 spiro atoms. The summed E-state index contributed by atoms with van der Waals surface area (Å²) in [4.78, 5) is 42.5. The summed E-state index contributed by atoms with van der Waals surface area (Å²) in [7, 11) is 0. The van der Waals surface area contributed by atoms with Crippen molar-refractivity contribution in [3.8, 4) is 0 Å². The van der Waals surface area contributed by atoms with Crippen LogP contribution in [0.3, 0.4) is 0 Å². The van der Waals surface area contributed by atoms with E-state index in [0.717, 1.165) is 25.0 Å². The Morgan fingerprint density at radius 1 is 1.07 bits per heavy atom. The van der Waals surface area contributed by atoms with E-state index in [2.05, 4.69) is 13.8 Å². The van der Waals surface area contributed by atoms with E-state index in [9.17, 15) is 24.6 Å². The lowest BCUT2D eigenvalue weighted by Gasteiger charge is -2.59. The summed E-state index contributed by atoms with van der Waals surface area (Å²) in [6, 6.07) is 0. The minimum atomic E-state index is -1.41. The van der Waals surface area contributed by atoms with Crippen molar-refractivity contribution in [2.24, 2.45) is 50.3 Å². The minimum absolute atomic E-state index is 0.128. The summed E-state index contributed by atoms with van der Waals surface area (Å²) < 4.78 is 0. The summed E-state index contributed by atoms with van der Waals surface area (Å²) >= 11 is 0. The summed E-state index contributed by atoms with van der Waals surface area (Å²) in [6.45, 7) is 10.5. The number of Topliss-reactive ketones (excluding diaryl/α,β-unsaturated/α-hetero) is 1. The van der Waals surface area contributed by atoms with Crippen molar-refractivity contribution in [1.29, 1.82) is 0 Å². The third kappa shape index (κ3) is 2.54. The van der Waals surface area contributed by atoms with E-state index >= 15 is 0 Å². The molecule has 1 heterocycles. The number of rotatable bonds is 2. The first-order chi connectivity index (χ1) is 13.8. The molecule has 6 heteroatoms. The number of aliphatic carboxylic acids is 2. The van der Waals surface area contributed by atoms with Crippen LogP contribution in [-0.2, 0) is 14.4 Å². The predicted molar refractivity (Wildman–Crippen MR) is 112 cm³/mol. The van der Waals surface area contributed by atoms with Crippen molar-refractivity contribution in [3.05, 3.63) is 0 Å². The van der Waals surface area contributed by atoms with Gasteiger partial charge in [-0.05, 0) is 60.7 Å². The molecular formula is C24H35NO5. The van der Waals surface area contributed by atoms with E-state index in [0.29, 0.717) is 25.3 Å². The Hall–Kier alpha value is -1.72. The average Bonchev–Trinajstić information content (AvgIpc) is 2.98. The third-order valence-corrected chi connectivity index (χ3v) is 9.79. The number of nitrogens with zero attached hydrogens (tertiary/aromatic N) is 1. The van der Waals surface area contributed by atoms with E-state index < -0.39 is 28.2 Å². The standard InChI is InChI=1S/C24H35NO5/c1-21(2,3)24(20(29)30)12-23(5)15-8-9-22(4)14(6-7-16(22)19(27)28)13(15)11-25-17(23)10-18(24)26/h13-16H,6-12H2,1-5H3,(H,27,28)(H,29,30)/t13-,14-,15-,16+,22-,23+,24?/m0/s1. The topological polar surface area (TPSA) is 104 Å². The second-order valence-corrected chi connectivity index (χ2v) is 11.8. The van der Waals surface area contributed by atoms with E-state index in [1.165, 1.54) is 0 Å². The van der Waals surface area contributed by atoms with E-state index in [-0.39, 0.29) is 35.4 Å². The van der Waals surface area contributed by atoms with Gasteiger partial charge in [0.25, 0.3) is 0 Å². The Balaban J connectivity index is 1.75. The van der Waals surface area contributed by atoms with Gasteiger partial charge in [0, 0.05) is 24.1 Å². The first kappa shape index (κ1) is 21.5. The Kier molecular flexibility index (Phi) is 4.58. The number of carbonyl (C=O) groups excluding carboxylic acids is 1. The molecular weight excluding hydrogens is 382 g/mol. The molecule has 3 fully saturated rings. The van der Waals surface area contributed by atoms with Gasteiger partial charge in [-0.1, -0.05) is 34.6 Å². The zero-order valence-electron chi connectivity index (χ0n) is 18.8. The fraction of sp³-hybridized carbons (Fsp3) is 0.833. The molecule has 4 aliphatic rings. The average molecular weight is 418 g/mol. The van der Waals surface area contributed by atoms with Crippen LogP contribution in [0, 0.1) is 45.3 Å². The minimum Gasteiger partial charge on any atom is -0.481 e. The highest BCUT2D eigenvalue weighted by atomic mass is 16.4. The van der Waals surface area contributed by atoms with Gasteiger partial charge in [-0.2, -0.15) is 0 Å². The predicted octanol–water partition coefficient (Wildman–Crippen LogP) is 4.07. The van der Waals surface area contributed by atoms with Crippen LogP contribution in [0.1, 0.15) is 73.1 Å². The van der Waals surface area contributed by atoms with Gasteiger partial charge < -0.3 is 10.2 Å². The van der Waals surface area contributed by atoms with Crippen LogP contribution in [0.5, 0.6) is 0 Å². The number of hydrogen-bond acceptors (Lipinski definition) is 4. The molecule has 30 heavy (non-hydrogen) atoms. The van der Waals surface area contributed by atoms with Crippen LogP contribution in [0.15, 0.2) is 4.99 Å². The summed E-state index contributed by atoms with van der Waals surface area (Å²) in [5, 5.41) is 20.0. The Bertz CT molecular complexity index is 841. The molecule has 4 rings (SSSR count). The first-order valence-electron chi connectivity index (χ1n) is 11.3. The SMILES string of the molecule is CC(C)(C)C1(C(=O)O)C[C@@]2(C)C(=NC[C@H]3[C@@H]4CC[C@H](C(=O)O)[C@@]4(C)CC[C@@H]32)CC1=O. The summed E-state index contributed by atoms with van der Waals surface area (Å²) in [5.74, 6) is -1.41. The summed E-state index contributed by atoms with van der Waals surface area (Å²) in [5.41, 5.74) is -1.86. The number of carboxylic acid groups (broad SMARTS) is 2. The van der Waals surface area contributed by atoms with Crippen molar-refractivity contribution in [3.63, 3.8) is 0 Å². The molecule has 2 N–H and O–H groups in total. The monoisotopic (exact) mass is 417 g/mol. The highest BCUT2D eigenvalue weighted by Gasteiger charge is 2.67. The van der Waals surface area contributed by atoms with Crippen LogP contribution in [-0.4, -0.2) is 40.2 Å². The van der Waals surface area contributed by atoms with Crippen LogP contribution >= 0.6 is 0 Å². The lowest BCUT2D eigenvalue weighted by Crippen LogP contribution is -2.62. The van der Waals surface area contributed by atoms with Gasteiger partial charge in [0.05, 0.1) is 5.92 Å². The van der Waals surface area contributed by atoms with Crippen LogP contribution < -0.4 is 0 Å². The van der Waals surface area contributed by atoms with Crippen molar-refractivity contribution < 1.29 is 24.6 Å². The Morgan fingerprint density at radius 2 is 1.73 bits per heavy atom. The Morgan fingerprint density at radius 3 is 2.30 bits per heavy atom. The molecule has 0 radical (unpaired) electrons. The second kappa shape index (κ2) is 6.39. The number of carbonyl (C=O) groups is 3. The number of hydrogen-bond donors (Lipinski definition) is 2. The van der Waals surface area contributed by atoms with Gasteiger partial charge in [-0.25, -0.2) is 0 Å². The molecule has 0 saturated heterocycles. The highest BCUT2D eigenvalue weighted by molar-refractivity contribution is 6.16. The fourth-order valence-electron chi connectivity index (χ4n) is 7.99. The zero-order chi connectivity index (χ0) is 22.3. The third-order valence-electron chi connectivity index (χ3n) is 9.79. The van der Waals surface area contributed by atoms with Gasteiger partial charge >= 0.3 is 11.9 Å². The van der Waals surface area contributed by atoms with Crippen molar-refractivity contribution in [2.75, 3.05) is 6.54 Å². The zero-order valence-corrected chi connectivity index (χ0v) is 18.8. The van der Waals surface area contributed by atoms with Crippen LogP contribution in [0.4, 0.5) is 0 Å². The molecule has 7 atom stereocenters. The molecule has 0 aromatic rings. The van der Waals surface area contributed by atoms with Crippen LogP contribution in [0.2, 0.25) is 0 Å². The number of ketones is 1.